The number of guanidine groups is 1. The molecule has 0 spiro atoms. The first-order valence-corrected chi connectivity index (χ1v) is 10.8. The molecule has 0 aliphatic carbocycles. The lowest BCUT2D eigenvalue weighted by atomic mass is 9.97. The number of hydrogen-bond acceptors (Lipinski definition) is 5. The molecule has 3 heterocycles. The molecule has 2 aliphatic rings. The summed E-state index contributed by atoms with van der Waals surface area (Å²) in [5.74, 6) is 4.16. The Morgan fingerprint density at radius 2 is 1.96 bits per heavy atom. The van der Waals surface area contributed by atoms with E-state index in [1.54, 1.807) is 0 Å². The zero-order valence-electron chi connectivity index (χ0n) is 18.0. The summed E-state index contributed by atoms with van der Waals surface area (Å²) in [6.45, 7) is 13.9. The topological polar surface area (TPSA) is 66.1 Å². The van der Waals surface area contributed by atoms with Gasteiger partial charge in [-0.1, -0.05) is 0 Å². The highest BCUT2D eigenvalue weighted by Crippen LogP contribution is 2.20. The molecule has 2 fully saturated rings. The number of ether oxygens (including phenoxy) is 1. The Labute approximate surface area is 169 Å². The van der Waals surface area contributed by atoms with Gasteiger partial charge >= 0.3 is 0 Å². The molecule has 1 atom stereocenters. The fourth-order valence-corrected chi connectivity index (χ4v) is 4.16. The summed E-state index contributed by atoms with van der Waals surface area (Å²) in [6, 6.07) is 0. The SMILES string of the molecule is CCOCC1CCN(C(=NC)NCC2CCN(Cc3nc(C)c(C)o3)CC2)C1. The van der Waals surface area contributed by atoms with Gasteiger partial charge in [-0.3, -0.25) is 9.89 Å². The van der Waals surface area contributed by atoms with E-state index in [-0.39, 0.29) is 0 Å². The number of aryl methyl sites for hydroxylation is 2. The summed E-state index contributed by atoms with van der Waals surface area (Å²) in [4.78, 5) is 13.9. The minimum atomic E-state index is 0.629. The zero-order chi connectivity index (χ0) is 19.9. The first-order chi connectivity index (χ1) is 13.6. The predicted octanol–water partition coefficient (Wildman–Crippen LogP) is 2.44. The summed E-state index contributed by atoms with van der Waals surface area (Å²) < 4.78 is 11.3. The molecule has 0 amide bonds. The van der Waals surface area contributed by atoms with Crippen LogP contribution in [-0.4, -0.2) is 73.7 Å². The van der Waals surface area contributed by atoms with Gasteiger partial charge in [-0.15, -0.1) is 0 Å². The smallest absolute Gasteiger partial charge is 0.208 e. The van der Waals surface area contributed by atoms with Crippen molar-refractivity contribution in [2.45, 2.75) is 46.6 Å². The third kappa shape index (κ3) is 5.70. The Balaban J connectivity index is 1.37. The monoisotopic (exact) mass is 391 g/mol. The van der Waals surface area contributed by atoms with Crippen molar-refractivity contribution in [2.75, 3.05) is 53.0 Å². The Morgan fingerprint density at radius 3 is 2.61 bits per heavy atom. The summed E-state index contributed by atoms with van der Waals surface area (Å²) in [7, 11) is 1.89. The zero-order valence-corrected chi connectivity index (χ0v) is 18.0. The first kappa shape index (κ1) is 21.1. The van der Waals surface area contributed by atoms with Crippen LogP contribution < -0.4 is 5.32 Å². The number of rotatable bonds is 7. The van der Waals surface area contributed by atoms with Gasteiger partial charge in [-0.2, -0.15) is 0 Å². The van der Waals surface area contributed by atoms with Gasteiger partial charge in [0.1, 0.15) is 5.76 Å². The maximum absolute atomic E-state index is 5.73. The fraction of sp³-hybridized carbons (Fsp3) is 0.810. The maximum Gasteiger partial charge on any atom is 0.208 e. The molecule has 158 valence electrons. The Bertz CT molecular complexity index is 617. The van der Waals surface area contributed by atoms with E-state index in [0.717, 1.165) is 75.8 Å². The molecular formula is C21H37N5O2. The Morgan fingerprint density at radius 1 is 1.21 bits per heavy atom. The molecule has 2 saturated heterocycles. The first-order valence-electron chi connectivity index (χ1n) is 10.8. The molecule has 7 heteroatoms. The third-order valence-electron chi connectivity index (χ3n) is 6.04. The molecule has 1 aromatic heterocycles. The van der Waals surface area contributed by atoms with Crippen molar-refractivity contribution in [3.05, 3.63) is 17.3 Å². The Kier molecular flexibility index (Phi) is 7.73. The maximum atomic E-state index is 5.73. The van der Waals surface area contributed by atoms with Crippen LogP contribution in [0.1, 0.15) is 43.5 Å². The van der Waals surface area contributed by atoms with E-state index < -0.39 is 0 Å². The highest BCUT2D eigenvalue weighted by Gasteiger charge is 2.26. The molecule has 0 bridgehead atoms. The number of aliphatic imine (C=N–C) groups is 1. The van der Waals surface area contributed by atoms with E-state index >= 15 is 0 Å². The van der Waals surface area contributed by atoms with Crippen molar-refractivity contribution in [3.63, 3.8) is 0 Å². The second kappa shape index (κ2) is 10.3. The Hall–Kier alpha value is -1.60. The van der Waals surface area contributed by atoms with Crippen molar-refractivity contribution in [3.8, 4) is 0 Å². The predicted molar refractivity (Wildman–Crippen MR) is 112 cm³/mol. The molecule has 0 radical (unpaired) electrons. The van der Waals surface area contributed by atoms with Gasteiger partial charge in [-0.25, -0.2) is 4.98 Å². The van der Waals surface area contributed by atoms with Crippen molar-refractivity contribution in [2.24, 2.45) is 16.8 Å². The van der Waals surface area contributed by atoms with Crippen LogP contribution in [0.2, 0.25) is 0 Å². The molecule has 7 nitrogen and oxygen atoms in total. The van der Waals surface area contributed by atoms with Crippen molar-refractivity contribution >= 4 is 5.96 Å². The largest absolute Gasteiger partial charge is 0.444 e. The van der Waals surface area contributed by atoms with Crippen LogP contribution in [0.25, 0.3) is 0 Å². The average Bonchev–Trinajstić information content (AvgIpc) is 3.28. The van der Waals surface area contributed by atoms with E-state index in [0.29, 0.717) is 11.8 Å². The van der Waals surface area contributed by atoms with E-state index in [1.165, 1.54) is 19.3 Å². The number of piperidine rings is 1. The van der Waals surface area contributed by atoms with Crippen molar-refractivity contribution < 1.29 is 9.15 Å². The van der Waals surface area contributed by atoms with E-state index in [9.17, 15) is 0 Å². The number of likely N-dealkylation sites (tertiary alicyclic amines) is 2. The number of hydrogen-bond donors (Lipinski definition) is 1. The standard InChI is InChI=1S/C21H37N5O2/c1-5-27-15-19-8-11-26(13-19)21(22-4)23-12-18-6-9-25(10-7-18)14-20-24-16(2)17(3)28-20/h18-19H,5-15H2,1-4H3,(H,22,23). The number of nitrogens with one attached hydrogen (secondary N) is 1. The second-order valence-electron chi connectivity index (χ2n) is 8.16. The van der Waals surface area contributed by atoms with Crippen LogP contribution in [0.5, 0.6) is 0 Å². The summed E-state index contributed by atoms with van der Waals surface area (Å²) in [5, 5.41) is 3.62. The third-order valence-corrected chi connectivity index (χ3v) is 6.04. The van der Waals surface area contributed by atoms with Crippen LogP contribution in [0, 0.1) is 25.7 Å². The average molecular weight is 392 g/mol. The summed E-state index contributed by atoms with van der Waals surface area (Å²) >= 11 is 0. The number of nitrogens with zero attached hydrogens (tertiary/aromatic N) is 4. The van der Waals surface area contributed by atoms with Gasteiger partial charge in [0.25, 0.3) is 0 Å². The van der Waals surface area contributed by atoms with Crippen LogP contribution in [0.15, 0.2) is 9.41 Å². The normalized spacial score (nSPS) is 22.2. The molecule has 1 aromatic rings. The molecule has 1 unspecified atom stereocenters. The van der Waals surface area contributed by atoms with E-state index in [4.69, 9.17) is 9.15 Å². The van der Waals surface area contributed by atoms with E-state index in [1.807, 2.05) is 20.9 Å². The van der Waals surface area contributed by atoms with Gasteiger partial charge in [0.05, 0.1) is 18.8 Å². The lowest BCUT2D eigenvalue weighted by Crippen LogP contribution is -2.44. The van der Waals surface area contributed by atoms with Crippen molar-refractivity contribution in [1.82, 2.24) is 20.1 Å². The number of oxazole rings is 1. The molecule has 1 N–H and O–H groups in total. The quantitative estimate of drug-likeness (QED) is 0.569. The van der Waals surface area contributed by atoms with Crippen LogP contribution >= 0.6 is 0 Å². The number of aromatic nitrogens is 1. The van der Waals surface area contributed by atoms with Gasteiger partial charge in [0.2, 0.25) is 5.89 Å². The van der Waals surface area contributed by atoms with E-state index in [2.05, 4.69) is 32.0 Å². The van der Waals surface area contributed by atoms with Gasteiger partial charge in [0.15, 0.2) is 5.96 Å². The molecule has 2 aliphatic heterocycles. The van der Waals surface area contributed by atoms with Gasteiger partial charge < -0.3 is 19.4 Å². The van der Waals surface area contributed by atoms with Crippen LogP contribution in [0.4, 0.5) is 0 Å². The minimum absolute atomic E-state index is 0.629. The highest BCUT2D eigenvalue weighted by atomic mass is 16.5. The second-order valence-corrected chi connectivity index (χ2v) is 8.16. The molecule has 28 heavy (non-hydrogen) atoms. The lowest BCUT2D eigenvalue weighted by molar-refractivity contribution is 0.114. The highest BCUT2D eigenvalue weighted by molar-refractivity contribution is 5.80. The molecular weight excluding hydrogens is 354 g/mol. The molecule has 0 saturated carbocycles. The minimum Gasteiger partial charge on any atom is -0.444 e. The summed E-state index contributed by atoms with van der Waals surface area (Å²) in [5.41, 5.74) is 1.01. The van der Waals surface area contributed by atoms with Crippen LogP contribution in [-0.2, 0) is 11.3 Å². The molecule has 3 rings (SSSR count). The summed E-state index contributed by atoms with van der Waals surface area (Å²) in [6.07, 6.45) is 3.60. The van der Waals surface area contributed by atoms with Crippen LogP contribution in [0.3, 0.4) is 0 Å². The van der Waals surface area contributed by atoms with Crippen molar-refractivity contribution in [1.29, 1.82) is 0 Å². The van der Waals surface area contributed by atoms with Gasteiger partial charge in [-0.05, 0) is 59.0 Å². The van der Waals surface area contributed by atoms with Gasteiger partial charge in [0, 0.05) is 39.2 Å². The lowest BCUT2D eigenvalue weighted by Gasteiger charge is -2.32. The fourth-order valence-electron chi connectivity index (χ4n) is 4.16. The molecule has 0 aromatic carbocycles.